The van der Waals surface area contributed by atoms with Crippen LogP contribution in [0.4, 0.5) is 5.13 Å². The Morgan fingerprint density at radius 2 is 2.19 bits per heavy atom. The van der Waals surface area contributed by atoms with E-state index < -0.39 is 17.8 Å². The molecule has 1 aliphatic carbocycles. The Hall–Kier alpha value is -2.26. The molecule has 9 heteroatoms. The van der Waals surface area contributed by atoms with Crippen LogP contribution in [0.5, 0.6) is 0 Å². The van der Waals surface area contributed by atoms with Crippen LogP contribution in [0.15, 0.2) is 11.4 Å². The number of esters is 2. The second-order valence-electron chi connectivity index (χ2n) is 6.43. The minimum atomic E-state index is -0.484. The summed E-state index contributed by atoms with van der Waals surface area (Å²) >= 11 is 2.64. The first kappa shape index (κ1) is 19.5. The van der Waals surface area contributed by atoms with E-state index in [9.17, 15) is 14.4 Å². The minimum Gasteiger partial charge on any atom is -0.469 e. The quantitative estimate of drug-likeness (QED) is 0.739. The third-order valence-electron chi connectivity index (χ3n) is 4.22. The lowest BCUT2D eigenvalue weighted by Crippen LogP contribution is -2.20. The zero-order chi connectivity index (χ0) is 19.4. The van der Waals surface area contributed by atoms with Gasteiger partial charge < -0.3 is 9.47 Å². The number of hydrogen-bond donors (Lipinski definition) is 1. The molecule has 0 bridgehead atoms. The van der Waals surface area contributed by atoms with Gasteiger partial charge in [0.2, 0.25) is 0 Å². The van der Waals surface area contributed by atoms with Gasteiger partial charge in [-0.25, -0.2) is 9.78 Å². The number of amides is 1. The molecule has 0 unspecified atom stereocenters. The number of rotatable bonds is 6. The highest BCUT2D eigenvalue weighted by atomic mass is 32.1. The summed E-state index contributed by atoms with van der Waals surface area (Å²) in [6, 6.07) is 1.88. The third kappa shape index (κ3) is 5.14. The van der Waals surface area contributed by atoms with Crippen molar-refractivity contribution in [1.29, 1.82) is 0 Å². The molecule has 1 N–H and O–H groups in total. The predicted molar refractivity (Wildman–Crippen MR) is 102 cm³/mol. The number of hydrogen-bond acceptors (Lipinski definition) is 8. The van der Waals surface area contributed by atoms with Gasteiger partial charge >= 0.3 is 11.9 Å². The number of carbonyl (C=O) groups excluding carboxylic acids is 3. The van der Waals surface area contributed by atoms with Crippen LogP contribution in [0, 0.1) is 5.92 Å². The number of carbonyl (C=O) groups is 3. The maximum absolute atomic E-state index is 12.2. The number of nitrogens with one attached hydrogen (secondary N) is 1. The average Bonchev–Trinajstić information content (AvgIpc) is 3.25. The van der Waals surface area contributed by atoms with Crippen molar-refractivity contribution < 1.29 is 23.9 Å². The molecule has 2 aromatic rings. The molecule has 0 aromatic carbocycles. The normalized spacial score (nSPS) is 15.7. The van der Waals surface area contributed by atoms with Crippen molar-refractivity contribution in [3.8, 4) is 0 Å². The number of fused-ring (bicyclic) bond motifs is 1. The van der Waals surface area contributed by atoms with Crippen molar-refractivity contribution >= 4 is 45.7 Å². The molecule has 2 aromatic heterocycles. The average molecular weight is 409 g/mol. The maximum atomic E-state index is 12.2. The van der Waals surface area contributed by atoms with Gasteiger partial charge in [0, 0.05) is 10.3 Å². The van der Waals surface area contributed by atoms with Crippen molar-refractivity contribution in [2.45, 2.75) is 32.6 Å². The molecule has 0 spiro atoms. The second-order valence-corrected chi connectivity index (χ2v) is 8.42. The molecule has 0 aliphatic heterocycles. The second kappa shape index (κ2) is 8.62. The van der Waals surface area contributed by atoms with Gasteiger partial charge in [0.05, 0.1) is 19.2 Å². The molecule has 7 nitrogen and oxygen atoms in total. The number of ether oxygens (including phenoxy) is 2. The van der Waals surface area contributed by atoms with E-state index >= 15 is 0 Å². The molecule has 0 saturated carbocycles. The molecule has 0 saturated heterocycles. The van der Waals surface area contributed by atoms with Crippen molar-refractivity contribution in [2.75, 3.05) is 19.0 Å². The SMILES string of the molecule is COC(=O)Cc1csc(NC(=O)COC(=O)c2cc3c(s2)CC[C@H](C)C3)n1. The van der Waals surface area contributed by atoms with Crippen molar-refractivity contribution in [3.63, 3.8) is 0 Å². The molecule has 0 radical (unpaired) electrons. The zero-order valence-corrected chi connectivity index (χ0v) is 16.7. The van der Waals surface area contributed by atoms with E-state index in [0.717, 1.165) is 19.3 Å². The van der Waals surface area contributed by atoms with E-state index in [1.807, 2.05) is 6.07 Å². The first-order valence-corrected chi connectivity index (χ1v) is 10.2. The van der Waals surface area contributed by atoms with E-state index in [-0.39, 0.29) is 13.0 Å². The molecule has 1 aliphatic rings. The van der Waals surface area contributed by atoms with Crippen LogP contribution < -0.4 is 5.32 Å². The largest absolute Gasteiger partial charge is 0.469 e. The molecule has 2 heterocycles. The fourth-order valence-electron chi connectivity index (χ4n) is 2.83. The number of methoxy groups -OCH3 is 1. The van der Waals surface area contributed by atoms with Crippen molar-refractivity contribution in [1.82, 2.24) is 4.98 Å². The Morgan fingerprint density at radius 3 is 2.96 bits per heavy atom. The number of thiophene rings is 1. The van der Waals surface area contributed by atoms with Gasteiger partial charge in [-0.2, -0.15) is 0 Å². The van der Waals surface area contributed by atoms with Gasteiger partial charge in [-0.15, -0.1) is 22.7 Å². The summed E-state index contributed by atoms with van der Waals surface area (Å²) in [5.74, 6) is -0.732. The van der Waals surface area contributed by atoms with Crippen LogP contribution in [0.1, 0.15) is 39.2 Å². The van der Waals surface area contributed by atoms with Crippen LogP contribution in [-0.2, 0) is 38.3 Å². The van der Waals surface area contributed by atoms with Crippen LogP contribution in [0.25, 0.3) is 0 Å². The zero-order valence-electron chi connectivity index (χ0n) is 15.1. The van der Waals surface area contributed by atoms with Crippen LogP contribution in [0.2, 0.25) is 0 Å². The molecule has 27 heavy (non-hydrogen) atoms. The highest BCUT2D eigenvalue weighted by Crippen LogP contribution is 2.32. The van der Waals surface area contributed by atoms with Gasteiger partial charge in [0.1, 0.15) is 4.88 Å². The molecular formula is C18H20N2O5S2. The number of aromatic nitrogens is 1. The summed E-state index contributed by atoms with van der Waals surface area (Å²) in [4.78, 5) is 41.3. The summed E-state index contributed by atoms with van der Waals surface area (Å²) in [7, 11) is 1.30. The first-order valence-electron chi connectivity index (χ1n) is 8.54. The fourth-order valence-corrected chi connectivity index (χ4v) is 4.66. The number of anilines is 1. The van der Waals surface area contributed by atoms with E-state index in [4.69, 9.17) is 4.74 Å². The van der Waals surface area contributed by atoms with Crippen LogP contribution in [-0.4, -0.2) is 36.5 Å². The van der Waals surface area contributed by atoms with E-state index in [0.29, 0.717) is 21.6 Å². The lowest BCUT2D eigenvalue weighted by atomic mass is 9.90. The Morgan fingerprint density at radius 1 is 1.37 bits per heavy atom. The molecule has 1 amide bonds. The first-order chi connectivity index (χ1) is 12.9. The molecular weight excluding hydrogens is 388 g/mol. The highest BCUT2D eigenvalue weighted by Gasteiger charge is 2.22. The van der Waals surface area contributed by atoms with Gasteiger partial charge in [-0.3, -0.25) is 14.9 Å². The Balaban J connectivity index is 1.49. The van der Waals surface area contributed by atoms with E-state index in [1.165, 1.54) is 40.2 Å². The van der Waals surface area contributed by atoms with E-state index in [2.05, 4.69) is 22.0 Å². The predicted octanol–water partition coefficient (Wildman–Crippen LogP) is 2.84. The molecule has 1 atom stereocenters. The fraction of sp³-hybridized carbons (Fsp3) is 0.444. The lowest BCUT2D eigenvalue weighted by Gasteiger charge is -2.16. The monoisotopic (exact) mass is 408 g/mol. The number of nitrogens with zero attached hydrogens (tertiary/aromatic N) is 1. The van der Waals surface area contributed by atoms with E-state index in [1.54, 1.807) is 5.38 Å². The van der Waals surface area contributed by atoms with Crippen molar-refractivity contribution in [2.24, 2.45) is 5.92 Å². The Bertz CT molecular complexity index is 858. The minimum absolute atomic E-state index is 0.0412. The topological polar surface area (TPSA) is 94.6 Å². The van der Waals surface area contributed by atoms with Gasteiger partial charge in [0.25, 0.3) is 5.91 Å². The van der Waals surface area contributed by atoms with Crippen LogP contribution >= 0.6 is 22.7 Å². The van der Waals surface area contributed by atoms with Crippen LogP contribution in [0.3, 0.4) is 0 Å². The summed E-state index contributed by atoms with van der Waals surface area (Å²) in [5.41, 5.74) is 1.73. The van der Waals surface area contributed by atoms with Gasteiger partial charge in [-0.1, -0.05) is 6.92 Å². The summed E-state index contributed by atoms with van der Waals surface area (Å²) < 4.78 is 9.69. The number of aryl methyl sites for hydroxylation is 1. The molecule has 0 fully saturated rings. The summed E-state index contributed by atoms with van der Waals surface area (Å²) in [6.07, 6.45) is 3.15. The van der Waals surface area contributed by atoms with Crippen molar-refractivity contribution in [3.05, 3.63) is 32.5 Å². The summed E-state index contributed by atoms with van der Waals surface area (Å²) in [5, 5.41) is 4.56. The standard InChI is InChI=1S/C18H20N2O5S2/c1-10-3-4-13-11(5-10)6-14(27-13)17(23)25-8-15(21)20-18-19-12(9-26-18)7-16(22)24-2/h6,9-10H,3-5,7-8H2,1-2H3,(H,19,20,21)/t10-/m0/s1. The third-order valence-corrected chi connectivity index (χ3v) is 6.24. The molecule has 144 valence electrons. The molecule has 3 rings (SSSR count). The smallest absolute Gasteiger partial charge is 0.348 e. The van der Waals surface area contributed by atoms with Gasteiger partial charge in [0.15, 0.2) is 11.7 Å². The van der Waals surface area contributed by atoms with Gasteiger partial charge in [-0.05, 0) is 36.8 Å². The maximum Gasteiger partial charge on any atom is 0.348 e. The number of thiazole rings is 1. The highest BCUT2D eigenvalue weighted by molar-refractivity contribution is 7.14. The lowest BCUT2D eigenvalue weighted by molar-refractivity contribution is -0.139. The Kier molecular flexibility index (Phi) is 6.22. The summed E-state index contributed by atoms with van der Waals surface area (Å²) in [6.45, 7) is 1.82. The Labute approximate surface area is 164 Å².